The number of carbonyl (C=O) groups is 3. The number of carboxylic acids is 1. The Labute approximate surface area is 226 Å². The molecule has 3 aromatic carbocycles. The highest BCUT2D eigenvalue weighted by Gasteiger charge is 2.25. The lowest BCUT2D eigenvalue weighted by molar-refractivity contribution is -0.114. The summed E-state index contributed by atoms with van der Waals surface area (Å²) in [6.07, 6.45) is 1.74. The molecular weight excluding hydrogens is 497 g/mol. The Morgan fingerprint density at radius 3 is 2.33 bits per heavy atom. The number of benzene rings is 3. The number of rotatable bonds is 5. The highest BCUT2D eigenvalue weighted by Crippen LogP contribution is 2.31. The molecule has 3 aromatic rings. The normalized spacial score (nSPS) is 15.3. The third kappa shape index (κ3) is 5.95. The number of halogens is 1. The summed E-state index contributed by atoms with van der Waals surface area (Å²) in [5, 5.41) is 14.8. The minimum atomic E-state index is -1.38. The monoisotopic (exact) mass is 527 g/mol. The van der Waals surface area contributed by atoms with Crippen LogP contribution in [-0.2, 0) is 10.2 Å². The van der Waals surface area contributed by atoms with Crippen molar-refractivity contribution in [2.45, 2.75) is 40.0 Å². The van der Waals surface area contributed by atoms with E-state index >= 15 is 0 Å². The molecule has 7 nitrogen and oxygen atoms in total. The van der Waals surface area contributed by atoms with Crippen LogP contribution < -0.4 is 10.6 Å². The SMILES string of the molecule is Cc1c(NC(=O)c2ccc(C(C)(C)C)cc2)cccc1C1=CC(C)C(=O)C(Nc2ccc(C(=O)O)c(F)c2)=N1. The zero-order valence-corrected chi connectivity index (χ0v) is 22.4. The van der Waals surface area contributed by atoms with Gasteiger partial charge >= 0.3 is 5.97 Å². The predicted octanol–water partition coefficient (Wildman–Crippen LogP) is 6.45. The van der Waals surface area contributed by atoms with Crippen LogP contribution in [0.2, 0.25) is 0 Å². The summed E-state index contributed by atoms with van der Waals surface area (Å²) in [5.74, 6) is -3.34. The van der Waals surface area contributed by atoms with Gasteiger partial charge in [-0.1, -0.05) is 52.0 Å². The smallest absolute Gasteiger partial charge is 0.338 e. The first kappa shape index (κ1) is 27.4. The largest absolute Gasteiger partial charge is 0.478 e. The zero-order valence-electron chi connectivity index (χ0n) is 22.4. The molecule has 0 bridgehead atoms. The summed E-state index contributed by atoms with van der Waals surface area (Å²) in [6, 6.07) is 16.5. The van der Waals surface area contributed by atoms with Gasteiger partial charge in [0.05, 0.1) is 11.3 Å². The zero-order chi connectivity index (χ0) is 28.5. The third-order valence-corrected chi connectivity index (χ3v) is 6.62. The summed E-state index contributed by atoms with van der Waals surface area (Å²) < 4.78 is 14.2. The Kier molecular flexibility index (Phi) is 7.49. The average molecular weight is 528 g/mol. The number of amidine groups is 1. The summed E-state index contributed by atoms with van der Waals surface area (Å²) in [6.45, 7) is 9.93. The van der Waals surface area contributed by atoms with E-state index in [9.17, 15) is 18.8 Å². The van der Waals surface area contributed by atoms with Crippen molar-refractivity contribution in [3.8, 4) is 0 Å². The first-order chi connectivity index (χ1) is 18.3. The molecule has 0 saturated heterocycles. The van der Waals surface area contributed by atoms with Crippen LogP contribution in [0.1, 0.15) is 65.1 Å². The quantitative estimate of drug-likeness (QED) is 0.353. The van der Waals surface area contributed by atoms with Crippen molar-refractivity contribution in [3.63, 3.8) is 0 Å². The third-order valence-electron chi connectivity index (χ3n) is 6.62. The van der Waals surface area contributed by atoms with E-state index < -0.39 is 23.3 Å². The predicted molar refractivity (Wildman–Crippen MR) is 151 cm³/mol. The number of aliphatic imine (C=N–C) groups is 1. The van der Waals surface area contributed by atoms with E-state index in [1.54, 1.807) is 37.3 Å². The van der Waals surface area contributed by atoms with Crippen LogP contribution in [0.4, 0.5) is 15.8 Å². The van der Waals surface area contributed by atoms with Crippen molar-refractivity contribution in [3.05, 3.63) is 100 Å². The van der Waals surface area contributed by atoms with Crippen LogP contribution in [0.3, 0.4) is 0 Å². The maximum atomic E-state index is 14.2. The molecule has 8 heteroatoms. The number of amides is 1. The molecule has 1 atom stereocenters. The molecule has 4 rings (SSSR count). The first-order valence-electron chi connectivity index (χ1n) is 12.5. The van der Waals surface area contributed by atoms with Crippen LogP contribution in [0.15, 0.2) is 71.7 Å². The fourth-order valence-electron chi connectivity index (χ4n) is 4.25. The second-order valence-corrected chi connectivity index (χ2v) is 10.5. The Hall–Kier alpha value is -4.59. The fourth-order valence-corrected chi connectivity index (χ4v) is 4.25. The fraction of sp³-hybridized carbons (Fsp3) is 0.226. The minimum Gasteiger partial charge on any atom is -0.478 e. The number of hydrogen-bond donors (Lipinski definition) is 3. The van der Waals surface area contributed by atoms with E-state index in [-0.39, 0.29) is 28.6 Å². The van der Waals surface area contributed by atoms with E-state index in [1.165, 1.54) is 6.07 Å². The van der Waals surface area contributed by atoms with Crippen LogP contribution in [-0.4, -0.2) is 28.6 Å². The number of anilines is 2. The first-order valence-corrected chi connectivity index (χ1v) is 12.5. The second kappa shape index (κ2) is 10.6. The lowest BCUT2D eigenvalue weighted by Crippen LogP contribution is -2.30. The number of carbonyl (C=O) groups excluding carboxylic acids is 2. The molecule has 3 N–H and O–H groups in total. The van der Waals surface area contributed by atoms with Gasteiger partial charge in [0.1, 0.15) is 5.82 Å². The van der Waals surface area contributed by atoms with E-state index in [0.29, 0.717) is 16.9 Å². The number of nitrogens with zero attached hydrogens (tertiary/aromatic N) is 1. The number of hydrogen-bond acceptors (Lipinski definition) is 5. The van der Waals surface area contributed by atoms with E-state index in [0.717, 1.165) is 28.8 Å². The molecular formula is C31H30FN3O4. The molecule has 0 aromatic heterocycles. The van der Waals surface area contributed by atoms with Crippen molar-refractivity contribution >= 4 is 40.6 Å². The van der Waals surface area contributed by atoms with Crippen LogP contribution in [0, 0.1) is 18.7 Å². The van der Waals surface area contributed by atoms with Gasteiger partial charge in [-0.25, -0.2) is 14.2 Å². The molecule has 0 radical (unpaired) electrons. The number of aromatic carboxylic acids is 1. The Morgan fingerprint density at radius 1 is 1.03 bits per heavy atom. The highest BCUT2D eigenvalue weighted by molar-refractivity contribution is 6.45. The van der Waals surface area contributed by atoms with Gasteiger partial charge in [-0.3, -0.25) is 9.59 Å². The molecule has 0 aliphatic carbocycles. The van der Waals surface area contributed by atoms with Gasteiger partial charge < -0.3 is 15.7 Å². The van der Waals surface area contributed by atoms with Gasteiger partial charge in [-0.15, -0.1) is 0 Å². The van der Waals surface area contributed by atoms with Crippen molar-refractivity contribution in [1.82, 2.24) is 0 Å². The van der Waals surface area contributed by atoms with Gasteiger partial charge in [0.15, 0.2) is 5.84 Å². The van der Waals surface area contributed by atoms with Gasteiger partial charge in [0.25, 0.3) is 5.91 Å². The van der Waals surface area contributed by atoms with Crippen molar-refractivity contribution in [1.29, 1.82) is 0 Å². The number of ketones is 1. The van der Waals surface area contributed by atoms with Gasteiger partial charge in [-0.2, -0.15) is 0 Å². The average Bonchev–Trinajstić information content (AvgIpc) is 2.87. The highest BCUT2D eigenvalue weighted by atomic mass is 19.1. The molecule has 1 heterocycles. The van der Waals surface area contributed by atoms with E-state index in [2.05, 4.69) is 36.4 Å². The maximum absolute atomic E-state index is 14.2. The number of Topliss-reactive ketones (excluding diaryl/α,β-unsaturated/α-hetero) is 1. The molecule has 1 amide bonds. The molecule has 0 saturated carbocycles. The molecule has 1 aliphatic rings. The molecule has 1 aliphatic heterocycles. The van der Waals surface area contributed by atoms with Gasteiger partial charge in [0, 0.05) is 28.4 Å². The van der Waals surface area contributed by atoms with Crippen LogP contribution in [0.5, 0.6) is 0 Å². The Morgan fingerprint density at radius 2 is 1.72 bits per heavy atom. The Bertz CT molecular complexity index is 1530. The summed E-state index contributed by atoms with van der Waals surface area (Å²) >= 11 is 0. The molecule has 200 valence electrons. The molecule has 0 fully saturated rings. The lowest BCUT2D eigenvalue weighted by atomic mass is 9.86. The number of allylic oxidation sites excluding steroid dienone is 1. The molecule has 39 heavy (non-hydrogen) atoms. The molecule has 0 spiro atoms. The van der Waals surface area contributed by atoms with Crippen molar-refractivity contribution in [2.75, 3.05) is 10.6 Å². The van der Waals surface area contributed by atoms with Crippen LogP contribution >= 0.6 is 0 Å². The standard InChI is InChI=1S/C31H30FN3O4/c1-17-15-26(34-28(27(17)36)33-21-13-14-23(30(38)39)24(32)16-21)22-7-6-8-25(18(22)2)35-29(37)19-9-11-20(12-10-19)31(3,4)5/h6-17H,1-5H3,(H,33,34)(H,35,37)(H,38,39). The van der Waals surface area contributed by atoms with Crippen molar-refractivity contribution in [2.24, 2.45) is 10.9 Å². The summed E-state index contributed by atoms with van der Waals surface area (Å²) in [7, 11) is 0. The summed E-state index contributed by atoms with van der Waals surface area (Å²) in [4.78, 5) is 41.4. The second-order valence-electron chi connectivity index (χ2n) is 10.5. The number of nitrogens with one attached hydrogen (secondary N) is 2. The topological polar surface area (TPSA) is 108 Å². The van der Waals surface area contributed by atoms with Gasteiger partial charge in [-0.05, 0) is 65.9 Å². The molecule has 1 unspecified atom stereocenters. The van der Waals surface area contributed by atoms with Gasteiger partial charge in [0.2, 0.25) is 5.78 Å². The number of carboxylic acid groups (broad SMARTS) is 1. The summed E-state index contributed by atoms with van der Waals surface area (Å²) in [5.41, 5.74) is 4.01. The van der Waals surface area contributed by atoms with E-state index in [1.807, 2.05) is 25.1 Å². The Balaban J connectivity index is 1.59. The lowest BCUT2D eigenvalue weighted by Gasteiger charge is -2.20. The van der Waals surface area contributed by atoms with Crippen molar-refractivity contribution < 1.29 is 23.9 Å². The van der Waals surface area contributed by atoms with Crippen LogP contribution in [0.25, 0.3) is 5.70 Å². The minimum absolute atomic E-state index is 0.00949. The maximum Gasteiger partial charge on any atom is 0.338 e. The van der Waals surface area contributed by atoms with E-state index in [4.69, 9.17) is 5.11 Å².